The zero-order chi connectivity index (χ0) is 12.1. The first-order valence-corrected chi connectivity index (χ1v) is 7.15. The molecule has 0 aliphatic carbocycles. The van der Waals surface area contributed by atoms with Gasteiger partial charge in [0.2, 0.25) is 0 Å². The van der Waals surface area contributed by atoms with Crippen LogP contribution < -0.4 is 5.32 Å². The van der Waals surface area contributed by atoms with Crippen molar-refractivity contribution < 1.29 is 5.11 Å². The summed E-state index contributed by atoms with van der Waals surface area (Å²) in [5.41, 5.74) is 0. The molecule has 0 spiro atoms. The monoisotopic (exact) mass is 229 g/mol. The minimum atomic E-state index is 0.348. The highest BCUT2D eigenvalue weighted by molar-refractivity contribution is 4.60. The van der Waals surface area contributed by atoms with Crippen molar-refractivity contribution >= 4 is 0 Å². The van der Waals surface area contributed by atoms with Crippen LogP contribution >= 0.6 is 0 Å². The standard InChI is InChI=1S/C14H31NO/c1-3-4-5-8-11-14(2)15-12-9-6-7-10-13-16/h14-16H,3-13H2,1-2H3. The van der Waals surface area contributed by atoms with Crippen molar-refractivity contribution in [3.63, 3.8) is 0 Å². The lowest BCUT2D eigenvalue weighted by molar-refractivity contribution is 0.282. The largest absolute Gasteiger partial charge is 0.396 e. The Hall–Kier alpha value is -0.0800. The lowest BCUT2D eigenvalue weighted by Crippen LogP contribution is -2.26. The van der Waals surface area contributed by atoms with Gasteiger partial charge in [0, 0.05) is 12.6 Å². The van der Waals surface area contributed by atoms with Gasteiger partial charge in [0.15, 0.2) is 0 Å². The zero-order valence-corrected chi connectivity index (χ0v) is 11.3. The molecule has 0 aliphatic heterocycles. The minimum Gasteiger partial charge on any atom is -0.396 e. The third kappa shape index (κ3) is 12.0. The fourth-order valence-corrected chi connectivity index (χ4v) is 1.92. The first kappa shape index (κ1) is 15.9. The summed E-state index contributed by atoms with van der Waals surface area (Å²) in [6.45, 7) is 6.04. The third-order valence-electron chi connectivity index (χ3n) is 3.07. The maximum absolute atomic E-state index is 8.64. The second kappa shape index (κ2) is 13.0. The van der Waals surface area contributed by atoms with E-state index in [1.54, 1.807) is 0 Å². The first-order valence-electron chi connectivity index (χ1n) is 7.15. The number of hydrogen-bond donors (Lipinski definition) is 2. The van der Waals surface area contributed by atoms with Crippen LogP contribution in [0.1, 0.15) is 71.6 Å². The Balaban J connectivity index is 3.08. The van der Waals surface area contributed by atoms with Crippen LogP contribution in [0, 0.1) is 0 Å². The van der Waals surface area contributed by atoms with Gasteiger partial charge in [-0.15, -0.1) is 0 Å². The van der Waals surface area contributed by atoms with E-state index in [0.717, 1.165) is 13.0 Å². The molecule has 0 amide bonds. The maximum atomic E-state index is 8.64. The summed E-state index contributed by atoms with van der Waals surface area (Å²) < 4.78 is 0. The van der Waals surface area contributed by atoms with Crippen molar-refractivity contribution in [3.05, 3.63) is 0 Å². The molecule has 16 heavy (non-hydrogen) atoms. The van der Waals surface area contributed by atoms with Gasteiger partial charge < -0.3 is 10.4 Å². The SMILES string of the molecule is CCCCCCC(C)NCCCCCCO. The Morgan fingerprint density at radius 3 is 2.31 bits per heavy atom. The van der Waals surface area contributed by atoms with Crippen LogP contribution in [0.4, 0.5) is 0 Å². The maximum Gasteiger partial charge on any atom is 0.0431 e. The average molecular weight is 229 g/mol. The van der Waals surface area contributed by atoms with Gasteiger partial charge in [0.25, 0.3) is 0 Å². The highest BCUT2D eigenvalue weighted by Gasteiger charge is 1.99. The van der Waals surface area contributed by atoms with Crippen LogP contribution in [0.2, 0.25) is 0 Å². The minimum absolute atomic E-state index is 0.348. The van der Waals surface area contributed by atoms with Crippen molar-refractivity contribution in [1.29, 1.82) is 0 Å². The van der Waals surface area contributed by atoms with Crippen molar-refractivity contribution in [3.8, 4) is 0 Å². The quantitative estimate of drug-likeness (QED) is 0.502. The fourth-order valence-electron chi connectivity index (χ4n) is 1.92. The van der Waals surface area contributed by atoms with E-state index in [0.29, 0.717) is 12.6 Å². The third-order valence-corrected chi connectivity index (χ3v) is 3.07. The average Bonchev–Trinajstić information content (AvgIpc) is 2.29. The first-order chi connectivity index (χ1) is 7.81. The molecule has 0 aromatic carbocycles. The molecular formula is C14H31NO. The molecule has 1 unspecified atom stereocenters. The number of rotatable bonds is 12. The van der Waals surface area contributed by atoms with Crippen LogP contribution in [0.15, 0.2) is 0 Å². The Morgan fingerprint density at radius 1 is 0.938 bits per heavy atom. The molecule has 0 bridgehead atoms. The van der Waals surface area contributed by atoms with Gasteiger partial charge in [-0.25, -0.2) is 0 Å². The van der Waals surface area contributed by atoms with E-state index in [2.05, 4.69) is 19.2 Å². The highest BCUT2D eigenvalue weighted by atomic mass is 16.2. The molecule has 2 heteroatoms. The van der Waals surface area contributed by atoms with Crippen LogP contribution in [0.5, 0.6) is 0 Å². The number of nitrogens with one attached hydrogen (secondary N) is 1. The number of aliphatic hydroxyl groups is 1. The summed E-state index contributed by atoms with van der Waals surface area (Å²) in [6, 6.07) is 0.676. The molecule has 0 radical (unpaired) electrons. The lowest BCUT2D eigenvalue weighted by Gasteiger charge is -2.13. The smallest absolute Gasteiger partial charge is 0.0431 e. The van der Waals surface area contributed by atoms with Crippen molar-refractivity contribution in [2.45, 2.75) is 77.7 Å². The molecule has 0 fully saturated rings. The molecular weight excluding hydrogens is 198 g/mol. The second-order valence-electron chi connectivity index (χ2n) is 4.84. The van der Waals surface area contributed by atoms with E-state index < -0.39 is 0 Å². The summed E-state index contributed by atoms with van der Waals surface area (Å²) in [5.74, 6) is 0. The summed E-state index contributed by atoms with van der Waals surface area (Å²) >= 11 is 0. The van der Waals surface area contributed by atoms with Crippen LogP contribution in [0.25, 0.3) is 0 Å². The van der Waals surface area contributed by atoms with E-state index in [4.69, 9.17) is 5.11 Å². The van der Waals surface area contributed by atoms with E-state index >= 15 is 0 Å². The molecule has 0 aliphatic rings. The molecule has 0 aromatic rings. The summed E-state index contributed by atoms with van der Waals surface area (Å²) in [5, 5.41) is 12.2. The molecule has 2 N–H and O–H groups in total. The molecule has 0 saturated carbocycles. The van der Waals surface area contributed by atoms with Gasteiger partial charge in [0.05, 0.1) is 0 Å². The Morgan fingerprint density at radius 2 is 1.62 bits per heavy atom. The number of hydrogen-bond acceptors (Lipinski definition) is 2. The predicted molar refractivity (Wildman–Crippen MR) is 71.8 cm³/mol. The Labute approximate surface area is 102 Å². The highest BCUT2D eigenvalue weighted by Crippen LogP contribution is 2.05. The Bertz CT molecular complexity index is 128. The summed E-state index contributed by atoms with van der Waals surface area (Å²) in [6.07, 6.45) is 11.4. The number of aliphatic hydroxyl groups excluding tert-OH is 1. The zero-order valence-electron chi connectivity index (χ0n) is 11.3. The van der Waals surface area contributed by atoms with Crippen LogP contribution in [-0.2, 0) is 0 Å². The van der Waals surface area contributed by atoms with Crippen LogP contribution in [0.3, 0.4) is 0 Å². The van der Waals surface area contributed by atoms with Gasteiger partial charge in [-0.3, -0.25) is 0 Å². The summed E-state index contributed by atoms with van der Waals surface area (Å²) in [4.78, 5) is 0. The normalized spacial score (nSPS) is 12.9. The Kier molecular flexibility index (Phi) is 12.9. The molecule has 98 valence electrons. The van der Waals surface area contributed by atoms with E-state index in [9.17, 15) is 0 Å². The predicted octanol–water partition coefficient (Wildman–Crippen LogP) is 3.49. The molecule has 1 atom stereocenters. The van der Waals surface area contributed by atoms with E-state index in [1.807, 2.05) is 0 Å². The molecule has 0 saturated heterocycles. The van der Waals surface area contributed by atoms with E-state index in [1.165, 1.54) is 51.4 Å². The van der Waals surface area contributed by atoms with Gasteiger partial charge in [0.1, 0.15) is 0 Å². The molecule has 0 heterocycles. The van der Waals surface area contributed by atoms with Gasteiger partial charge in [-0.2, -0.15) is 0 Å². The fraction of sp³-hybridized carbons (Fsp3) is 1.00. The molecule has 0 rings (SSSR count). The van der Waals surface area contributed by atoms with Crippen molar-refractivity contribution in [2.75, 3.05) is 13.2 Å². The topological polar surface area (TPSA) is 32.3 Å². The van der Waals surface area contributed by atoms with Crippen molar-refractivity contribution in [2.24, 2.45) is 0 Å². The van der Waals surface area contributed by atoms with Crippen molar-refractivity contribution in [1.82, 2.24) is 5.32 Å². The second-order valence-corrected chi connectivity index (χ2v) is 4.84. The van der Waals surface area contributed by atoms with E-state index in [-0.39, 0.29) is 0 Å². The molecule has 0 aromatic heterocycles. The number of unbranched alkanes of at least 4 members (excludes halogenated alkanes) is 6. The lowest BCUT2D eigenvalue weighted by atomic mass is 10.1. The van der Waals surface area contributed by atoms with Gasteiger partial charge >= 0.3 is 0 Å². The van der Waals surface area contributed by atoms with Gasteiger partial charge in [-0.1, -0.05) is 45.4 Å². The summed E-state index contributed by atoms with van der Waals surface area (Å²) in [7, 11) is 0. The van der Waals surface area contributed by atoms with Crippen LogP contribution in [-0.4, -0.2) is 24.3 Å². The van der Waals surface area contributed by atoms with Gasteiger partial charge in [-0.05, 0) is 32.7 Å². The molecule has 2 nitrogen and oxygen atoms in total.